The van der Waals surface area contributed by atoms with Crippen molar-refractivity contribution >= 4 is 57.6 Å². The maximum absolute atomic E-state index is 13.5. The van der Waals surface area contributed by atoms with E-state index in [0.29, 0.717) is 28.1 Å². The van der Waals surface area contributed by atoms with Gasteiger partial charge < -0.3 is 5.32 Å². The van der Waals surface area contributed by atoms with Crippen LogP contribution in [0.4, 0.5) is 11.4 Å². The normalized spacial score (nSPS) is 17.4. The molecule has 1 N–H and O–H groups in total. The molecular weight excluding hydrogens is 468 g/mol. The van der Waals surface area contributed by atoms with E-state index in [9.17, 15) is 9.59 Å². The minimum absolute atomic E-state index is 0.166. The molecule has 170 valence electrons. The zero-order valence-electron chi connectivity index (χ0n) is 18.3. The molecule has 3 aromatic carbocycles. The summed E-state index contributed by atoms with van der Waals surface area (Å²) in [7, 11) is 0. The second-order valence-electron chi connectivity index (χ2n) is 7.86. The number of nitrogens with one attached hydrogen (secondary N) is 1. The summed E-state index contributed by atoms with van der Waals surface area (Å²) in [6.07, 6.45) is 0.557. The molecule has 5 rings (SSSR count). The molecule has 6 nitrogen and oxygen atoms in total. The Kier molecular flexibility index (Phi) is 6.22. The second kappa shape index (κ2) is 9.44. The van der Waals surface area contributed by atoms with E-state index in [2.05, 4.69) is 5.32 Å². The van der Waals surface area contributed by atoms with Gasteiger partial charge in [0.05, 0.1) is 10.9 Å². The van der Waals surface area contributed by atoms with E-state index in [4.69, 9.17) is 21.6 Å². The number of benzene rings is 3. The van der Waals surface area contributed by atoms with Crippen LogP contribution in [0.5, 0.6) is 0 Å². The van der Waals surface area contributed by atoms with Crippen molar-refractivity contribution in [1.82, 2.24) is 4.90 Å². The number of rotatable bonds is 5. The van der Waals surface area contributed by atoms with Crippen molar-refractivity contribution in [3.63, 3.8) is 0 Å². The molecule has 0 aliphatic carbocycles. The van der Waals surface area contributed by atoms with Gasteiger partial charge in [-0.15, -0.1) is 0 Å². The van der Waals surface area contributed by atoms with Gasteiger partial charge in [0, 0.05) is 16.3 Å². The molecule has 34 heavy (non-hydrogen) atoms. The van der Waals surface area contributed by atoms with Gasteiger partial charge in [-0.25, -0.2) is 14.9 Å². The number of fused-ring (bicyclic) bond motifs is 3. The van der Waals surface area contributed by atoms with Gasteiger partial charge >= 0.3 is 0 Å². The summed E-state index contributed by atoms with van der Waals surface area (Å²) in [5, 5.41) is 3.53. The molecule has 2 amide bonds. The number of hydrogen-bond acceptors (Lipinski definition) is 5. The number of aliphatic imine (C=N–C) groups is 2. The van der Waals surface area contributed by atoms with Crippen LogP contribution >= 0.6 is 23.4 Å². The first-order chi connectivity index (χ1) is 16.5. The zero-order chi connectivity index (χ0) is 23.7. The Morgan fingerprint density at radius 2 is 1.76 bits per heavy atom. The highest BCUT2D eigenvalue weighted by Crippen LogP contribution is 2.38. The summed E-state index contributed by atoms with van der Waals surface area (Å²) in [4.78, 5) is 37.7. The van der Waals surface area contributed by atoms with Crippen LogP contribution in [0.3, 0.4) is 0 Å². The van der Waals surface area contributed by atoms with E-state index in [0.717, 1.165) is 16.8 Å². The summed E-state index contributed by atoms with van der Waals surface area (Å²) in [5.41, 5.74) is 3.02. The van der Waals surface area contributed by atoms with Crippen LogP contribution in [0.2, 0.25) is 5.02 Å². The largest absolute Gasteiger partial charge is 0.325 e. The molecule has 0 spiro atoms. The van der Waals surface area contributed by atoms with Gasteiger partial charge in [-0.1, -0.05) is 72.8 Å². The topological polar surface area (TPSA) is 74.1 Å². The minimum Gasteiger partial charge on any atom is -0.325 e. The van der Waals surface area contributed by atoms with Crippen molar-refractivity contribution in [1.29, 1.82) is 0 Å². The molecule has 0 fully saturated rings. The standard InChI is InChI=1S/C26H21ClN4O2S/c1-2-21(24(32)28-18-14-12-17(27)13-15-18)34-26-29-20-11-7-6-10-19(20)23-30-22(25(33)31(23)26)16-8-4-3-5-9-16/h3-15,21-22H,2H2,1H3,(H,28,32)/t21-,22+/m0/s1. The summed E-state index contributed by atoms with van der Waals surface area (Å²) >= 11 is 7.22. The maximum atomic E-state index is 13.5. The Hall–Kier alpha value is -3.42. The van der Waals surface area contributed by atoms with Crippen LogP contribution in [-0.4, -0.2) is 33.0 Å². The van der Waals surface area contributed by atoms with Crippen LogP contribution < -0.4 is 5.32 Å². The minimum atomic E-state index is -0.642. The molecule has 2 aliphatic rings. The van der Waals surface area contributed by atoms with Gasteiger partial charge in [-0.3, -0.25) is 9.59 Å². The smallest absolute Gasteiger partial charge is 0.263 e. The fourth-order valence-corrected chi connectivity index (χ4v) is 5.03. The van der Waals surface area contributed by atoms with Crippen LogP contribution in [-0.2, 0) is 9.59 Å². The number of amides is 2. The number of para-hydroxylation sites is 1. The van der Waals surface area contributed by atoms with E-state index in [-0.39, 0.29) is 11.8 Å². The molecular formula is C26H21ClN4O2S. The Morgan fingerprint density at radius 3 is 2.50 bits per heavy atom. The third-order valence-corrected chi connectivity index (χ3v) is 7.18. The Balaban J connectivity index is 1.45. The highest BCUT2D eigenvalue weighted by atomic mass is 35.5. The highest BCUT2D eigenvalue weighted by Gasteiger charge is 2.43. The monoisotopic (exact) mass is 488 g/mol. The average Bonchev–Trinajstić information content (AvgIpc) is 3.22. The molecule has 0 aromatic heterocycles. The average molecular weight is 489 g/mol. The molecule has 0 saturated heterocycles. The number of thioether (sulfide) groups is 1. The maximum Gasteiger partial charge on any atom is 0.263 e. The molecule has 2 atom stereocenters. The van der Waals surface area contributed by atoms with E-state index in [1.54, 1.807) is 29.2 Å². The lowest BCUT2D eigenvalue weighted by Gasteiger charge is -2.27. The molecule has 3 aromatic rings. The SMILES string of the molecule is CC[C@H](SC1=Nc2ccccc2C2=N[C@H](c3ccccc3)C(=O)N12)C(=O)Nc1ccc(Cl)cc1. The molecule has 2 heterocycles. The third kappa shape index (κ3) is 4.24. The highest BCUT2D eigenvalue weighted by molar-refractivity contribution is 8.15. The molecule has 8 heteroatoms. The van der Waals surface area contributed by atoms with E-state index in [1.165, 1.54) is 11.8 Å². The van der Waals surface area contributed by atoms with Gasteiger partial charge in [0.1, 0.15) is 5.84 Å². The number of carbonyl (C=O) groups excluding carboxylic acids is 2. The van der Waals surface area contributed by atoms with Gasteiger partial charge in [0.15, 0.2) is 11.2 Å². The number of hydrogen-bond donors (Lipinski definition) is 1. The van der Waals surface area contributed by atoms with E-state index < -0.39 is 11.3 Å². The quantitative estimate of drug-likeness (QED) is 0.491. The fraction of sp³-hybridized carbons (Fsp3) is 0.154. The van der Waals surface area contributed by atoms with Crippen molar-refractivity contribution in [3.05, 3.63) is 95.0 Å². The lowest BCUT2D eigenvalue weighted by Crippen LogP contribution is -2.41. The Morgan fingerprint density at radius 1 is 1.06 bits per heavy atom. The van der Waals surface area contributed by atoms with Crippen molar-refractivity contribution in [2.75, 3.05) is 5.32 Å². The van der Waals surface area contributed by atoms with Crippen LogP contribution in [0, 0.1) is 0 Å². The van der Waals surface area contributed by atoms with Crippen molar-refractivity contribution < 1.29 is 9.59 Å². The number of anilines is 1. The first-order valence-electron chi connectivity index (χ1n) is 10.9. The van der Waals surface area contributed by atoms with Crippen molar-refractivity contribution in [2.24, 2.45) is 9.98 Å². The van der Waals surface area contributed by atoms with Gasteiger partial charge in [-0.05, 0) is 48.4 Å². The van der Waals surface area contributed by atoms with Crippen LogP contribution in [0.25, 0.3) is 0 Å². The van der Waals surface area contributed by atoms with Gasteiger partial charge in [0.2, 0.25) is 5.91 Å². The van der Waals surface area contributed by atoms with Gasteiger partial charge in [-0.2, -0.15) is 0 Å². The van der Waals surface area contributed by atoms with Crippen LogP contribution in [0.15, 0.2) is 88.8 Å². The number of carbonyl (C=O) groups is 2. The zero-order valence-corrected chi connectivity index (χ0v) is 19.9. The molecule has 0 radical (unpaired) electrons. The lowest BCUT2D eigenvalue weighted by atomic mass is 10.1. The molecule has 0 saturated carbocycles. The summed E-state index contributed by atoms with van der Waals surface area (Å²) in [6, 6.07) is 23.4. The van der Waals surface area contributed by atoms with E-state index >= 15 is 0 Å². The molecule has 0 bridgehead atoms. The second-order valence-corrected chi connectivity index (χ2v) is 9.47. The van der Waals surface area contributed by atoms with Crippen molar-refractivity contribution in [2.45, 2.75) is 24.6 Å². The number of halogens is 1. The number of amidine groups is 2. The fourth-order valence-electron chi connectivity index (χ4n) is 3.89. The summed E-state index contributed by atoms with van der Waals surface area (Å²) in [5.74, 6) is 0.232. The van der Waals surface area contributed by atoms with E-state index in [1.807, 2.05) is 61.5 Å². The Bertz CT molecular complexity index is 1310. The first-order valence-corrected chi connectivity index (χ1v) is 12.2. The number of nitrogens with zero attached hydrogens (tertiary/aromatic N) is 3. The predicted octanol–water partition coefficient (Wildman–Crippen LogP) is 5.82. The van der Waals surface area contributed by atoms with Crippen molar-refractivity contribution in [3.8, 4) is 0 Å². The van der Waals surface area contributed by atoms with Crippen LogP contribution in [0.1, 0.15) is 30.5 Å². The molecule has 0 unspecified atom stereocenters. The molecule has 2 aliphatic heterocycles. The third-order valence-electron chi connectivity index (χ3n) is 5.61. The first kappa shape index (κ1) is 22.4. The Labute approximate surface area is 206 Å². The van der Waals surface area contributed by atoms with Gasteiger partial charge in [0.25, 0.3) is 5.91 Å². The summed E-state index contributed by atoms with van der Waals surface area (Å²) in [6.45, 7) is 1.93. The predicted molar refractivity (Wildman–Crippen MR) is 138 cm³/mol. The summed E-state index contributed by atoms with van der Waals surface area (Å²) < 4.78 is 0. The lowest BCUT2D eigenvalue weighted by molar-refractivity contribution is -0.124.